The molecule has 2 aromatic rings. The van der Waals surface area contributed by atoms with Crippen LogP contribution >= 0.6 is 11.9 Å². The summed E-state index contributed by atoms with van der Waals surface area (Å²) in [5.74, 6) is 0. The molecule has 1 aromatic carbocycles. The van der Waals surface area contributed by atoms with Gasteiger partial charge in [0.1, 0.15) is 12.7 Å². The highest BCUT2D eigenvalue weighted by atomic mass is 32.2. The van der Waals surface area contributed by atoms with Crippen LogP contribution < -0.4 is 0 Å². The Labute approximate surface area is 91.7 Å². The Morgan fingerprint density at radius 3 is 2.93 bits per heavy atom. The minimum Gasteiger partial charge on any atom is -0.222 e. The number of hydrogen-bond donors (Lipinski definition) is 0. The Hall–Kier alpha value is -1.80. The second-order valence-electron chi connectivity index (χ2n) is 2.98. The van der Waals surface area contributed by atoms with E-state index in [1.807, 2.05) is 19.1 Å². The van der Waals surface area contributed by atoms with Crippen LogP contribution in [0.15, 0.2) is 35.7 Å². The van der Waals surface area contributed by atoms with Gasteiger partial charge in [-0.3, -0.25) is 0 Å². The van der Waals surface area contributed by atoms with E-state index in [1.54, 1.807) is 16.5 Å². The first kappa shape index (κ1) is 9.74. The fraction of sp³-hybridized carbons (Fsp3) is 0.100. The zero-order chi connectivity index (χ0) is 10.7. The molecule has 4 nitrogen and oxygen atoms in total. The van der Waals surface area contributed by atoms with Crippen molar-refractivity contribution in [2.45, 2.75) is 11.8 Å². The molecule has 1 aromatic heterocycles. The molecule has 0 atom stereocenters. The van der Waals surface area contributed by atoms with E-state index in [-0.39, 0.29) is 0 Å². The monoisotopic (exact) mass is 216 g/mol. The molecule has 74 valence electrons. The summed E-state index contributed by atoms with van der Waals surface area (Å²) in [6.45, 7) is 1.97. The summed E-state index contributed by atoms with van der Waals surface area (Å²) in [6.07, 6.45) is 3.13. The average Bonchev–Trinajstić information content (AvgIpc) is 2.74. The van der Waals surface area contributed by atoms with E-state index in [0.29, 0.717) is 5.56 Å². The van der Waals surface area contributed by atoms with Gasteiger partial charge in [0.25, 0.3) is 0 Å². The van der Waals surface area contributed by atoms with Crippen molar-refractivity contribution in [2.24, 2.45) is 0 Å². The molecule has 15 heavy (non-hydrogen) atoms. The molecular weight excluding hydrogens is 208 g/mol. The Morgan fingerprint density at radius 2 is 2.33 bits per heavy atom. The Kier molecular flexibility index (Phi) is 2.70. The molecule has 0 bridgehead atoms. The van der Waals surface area contributed by atoms with Gasteiger partial charge in [-0.25, -0.2) is 4.98 Å². The third-order valence-corrected chi connectivity index (χ3v) is 2.92. The van der Waals surface area contributed by atoms with Gasteiger partial charge in [0.15, 0.2) is 0 Å². The molecule has 0 spiro atoms. The highest BCUT2D eigenvalue weighted by Gasteiger charge is 2.02. The van der Waals surface area contributed by atoms with Gasteiger partial charge in [0, 0.05) is 16.8 Å². The Bertz CT molecular complexity index is 499. The molecule has 0 saturated carbocycles. The molecule has 0 N–H and O–H groups in total. The maximum absolute atomic E-state index is 8.73. The summed E-state index contributed by atoms with van der Waals surface area (Å²) in [5.41, 5.74) is 1.74. The van der Waals surface area contributed by atoms with Crippen LogP contribution in [0.4, 0.5) is 0 Å². The van der Waals surface area contributed by atoms with Crippen LogP contribution in [-0.2, 0) is 0 Å². The predicted octanol–water partition coefficient (Wildman–Crippen LogP) is 2.01. The Morgan fingerprint density at radius 1 is 1.47 bits per heavy atom. The van der Waals surface area contributed by atoms with Gasteiger partial charge in [-0.2, -0.15) is 9.35 Å². The second kappa shape index (κ2) is 4.15. The van der Waals surface area contributed by atoms with Crippen molar-refractivity contribution < 1.29 is 0 Å². The van der Waals surface area contributed by atoms with Crippen LogP contribution in [0.25, 0.3) is 0 Å². The topological polar surface area (TPSA) is 54.5 Å². The highest BCUT2D eigenvalue weighted by molar-refractivity contribution is 7.97. The van der Waals surface area contributed by atoms with Gasteiger partial charge in [0.05, 0.1) is 11.6 Å². The lowest BCUT2D eigenvalue weighted by molar-refractivity contribution is 1.00. The first-order valence-corrected chi connectivity index (χ1v) is 5.10. The van der Waals surface area contributed by atoms with Crippen molar-refractivity contribution in [3.63, 3.8) is 0 Å². The number of hydrogen-bond acceptors (Lipinski definition) is 4. The molecule has 0 aliphatic heterocycles. The van der Waals surface area contributed by atoms with Gasteiger partial charge in [-0.1, -0.05) is 0 Å². The van der Waals surface area contributed by atoms with E-state index < -0.39 is 0 Å². The fourth-order valence-electron chi connectivity index (χ4n) is 1.17. The molecule has 2 rings (SSSR count). The lowest BCUT2D eigenvalue weighted by Gasteiger charge is -2.03. The molecule has 0 unspecified atom stereocenters. The van der Waals surface area contributed by atoms with Crippen LogP contribution in [0.3, 0.4) is 0 Å². The van der Waals surface area contributed by atoms with Crippen LogP contribution in [0, 0.1) is 18.3 Å². The van der Waals surface area contributed by atoms with Gasteiger partial charge in [-0.05, 0) is 30.7 Å². The number of nitrogens with zero attached hydrogens (tertiary/aromatic N) is 4. The molecule has 1 heterocycles. The van der Waals surface area contributed by atoms with E-state index in [9.17, 15) is 0 Å². The first-order chi connectivity index (χ1) is 7.29. The molecule has 0 amide bonds. The van der Waals surface area contributed by atoms with E-state index in [1.165, 1.54) is 18.3 Å². The quantitative estimate of drug-likeness (QED) is 0.770. The predicted molar refractivity (Wildman–Crippen MR) is 57.2 cm³/mol. The normalized spacial score (nSPS) is 9.87. The number of rotatable bonds is 2. The van der Waals surface area contributed by atoms with Gasteiger partial charge < -0.3 is 0 Å². The number of aromatic nitrogens is 3. The van der Waals surface area contributed by atoms with E-state index in [4.69, 9.17) is 5.26 Å². The summed E-state index contributed by atoms with van der Waals surface area (Å²) in [6, 6.07) is 7.68. The summed E-state index contributed by atoms with van der Waals surface area (Å²) < 4.78 is 1.67. The number of nitriles is 1. The van der Waals surface area contributed by atoms with Crippen molar-refractivity contribution in [2.75, 3.05) is 0 Å². The largest absolute Gasteiger partial charge is 0.222 e. The smallest absolute Gasteiger partial charge is 0.138 e. The minimum atomic E-state index is 0.676. The highest BCUT2D eigenvalue weighted by Crippen LogP contribution is 2.23. The van der Waals surface area contributed by atoms with E-state index in [2.05, 4.69) is 16.2 Å². The van der Waals surface area contributed by atoms with Crippen LogP contribution in [0.1, 0.15) is 11.1 Å². The third kappa shape index (κ3) is 2.17. The molecule has 0 saturated heterocycles. The minimum absolute atomic E-state index is 0.676. The average molecular weight is 216 g/mol. The van der Waals surface area contributed by atoms with E-state index in [0.717, 1.165) is 10.5 Å². The van der Waals surface area contributed by atoms with Crippen molar-refractivity contribution in [3.05, 3.63) is 42.0 Å². The van der Waals surface area contributed by atoms with Crippen molar-refractivity contribution in [1.29, 1.82) is 5.26 Å². The second-order valence-corrected chi connectivity index (χ2v) is 3.98. The van der Waals surface area contributed by atoms with Crippen molar-refractivity contribution >= 4 is 11.9 Å². The van der Waals surface area contributed by atoms with Crippen LogP contribution in [-0.4, -0.2) is 14.2 Å². The van der Waals surface area contributed by atoms with Gasteiger partial charge >= 0.3 is 0 Å². The molecule has 0 radical (unpaired) electrons. The standard InChI is InChI=1S/C10H8N4S/c1-8-4-9(5-11)2-3-10(8)15-14-7-12-6-13-14/h2-4,6-7H,1H3. The van der Waals surface area contributed by atoms with Gasteiger partial charge in [0.2, 0.25) is 0 Å². The fourth-order valence-corrected chi connectivity index (χ4v) is 1.89. The molecule has 5 heteroatoms. The van der Waals surface area contributed by atoms with E-state index >= 15 is 0 Å². The summed E-state index contributed by atoms with van der Waals surface area (Å²) in [7, 11) is 0. The maximum Gasteiger partial charge on any atom is 0.138 e. The van der Waals surface area contributed by atoms with Crippen LogP contribution in [0.2, 0.25) is 0 Å². The summed E-state index contributed by atoms with van der Waals surface area (Å²) in [5, 5.41) is 12.7. The maximum atomic E-state index is 8.73. The lowest BCUT2D eigenvalue weighted by Crippen LogP contribution is -1.89. The number of aryl methyl sites for hydroxylation is 1. The molecule has 0 aliphatic rings. The van der Waals surface area contributed by atoms with Crippen LogP contribution in [0.5, 0.6) is 0 Å². The zero-order valence-electron chi connectivity index (χ0n) is 8.08. The SMILES string of the molecule is Cc1cc(C#N)ccc1Sn1cncn1. The number of benzene rings is 1. The molecule has 0 fully saturated rings. The molecule has 0 aliphatic carbocycles. The summed E-state index contributed by atoms with van der Waals surface area (Å²) >= 11 is 1.47. The third-order valence-electron chi connectivity index (χ3n) is 1.89. The van der Waals surface area contributed by atoms with Crippen molar-refractivity contribution in [3.8, 4) is 6.07 Å². The lowest BCUT2D eigenvalue weighted by atomic mass is 10.2. The van der Waals surface area contributed by atoms with Gasteiger partial charge in [-0.15, -0.1) is 5.10 Å². The first-order valence-electron chi connectivity index (χ1n) is 4.33. The Balaban J connectivity index is 2.27. The van der Waals surface area contributed by atoms with Crippen molar-refractivity contribution in [1.82, 2.24) is 14.2 Å². The summed E-state index contributed by atoms with van der Waals surface area (Å²) in [4.78, 5) is 4.93. The zero-order valence-corrected chi connectivity index (χ0v) is 8.90. The molecular formula is C10H8N4S.